The molecule has 0 aromatic heterocycles. The lowest BCUT2D eigenvalue weighted by atomic mass is 9.85. The first-order valence-electron chi connectivity index (χ1n) is 8.10. The van der Waals surface area contributed by atoms with Gasteiger partial charge in [-0.3, -0.25) is 4.79 Å². The number of benzene rings is 1. The van der Waals surface area contributed by atoms with E-state index in [1.807, 2.05) is 0 Å². The molecule has 1 fully saturated rings. The van der Waals surface area contributed by atoms with Crippen LogP contribution in [-0.2, 0) is 14.9 Å². The molecule has 1 amide bonds. The topological polar surface area (TPSA) is 42.8 Å². The van der Waals surface area contributed by atoms with Gasteiger partial charge < -0.3 is 15.0 Å². The summed E-state index contributed by atoms with van der Waals surface area (Å²) in [5.74, 6) is 0.0895. The lowest BCUT2D eigenvalue weighted by Crippen LogP contribution is -3.15. The van der Waals surface area contributed by atoms with Crippen LogP contribution in [-0.4, -0.2) is 38.8 Å². The number of carbonyl (C=O) groups is 1. The van der Waals surface area contributed by atoms with Gasteiger partial charge in [-0.25, -0.2) is 0 Å². The first-order valence-corrected chi connectivity index (χ1v) is 8.10. The zero-order chi connectivity index (χ0) is 16.3. The van der Waals surface area contributed by atoms with Gasteiger partial charge in [0.25, 0.3) is 5.91 Å². The van der Waals surface area contributed by atoms with E-state index in [0.29, 0.717) is 6.54 Å². The number of anilines is 1. The average molecular weight is 305 g/mol. The second-order valence-corrected chi connectivity index (χ2v) is 7.32. The molecule has 1 aromatic carbocycles. The molecular formula is C18H29N2O2+. The predicted molar refractivity (Wildman–Crippen MR) is 89.6 cm³/mol. The largest absolute Gasteiger partial charge is 0.370 e. The summed E-state index contributed by atoms with van der Waals surface area (Å²) in [6.45, 7) is 14.6. The van der Waals surface area contributed by atoms with Crippen molar-refractivity contribution in [2.75, 3.05) is 38.2 Å². The summed E-state index contributed by atoms with van der Waals surface area (Å²) >= 11 is 0. The second kappa shape index (κ2) is 6.80. The minimum absolute atomic E-state index is 0.0895. The van der Waals surface area contributed by atoms with E-state index in [4.69, 9.17) is 4.74 Å². The molecule has 0 bridgehead atoms. The van der Waals surface area contributed by atoms with Gasteiger partial charge in [0.15, 0.2) is 6.54 Å². The third-order valence-corrected chi connectivity index (χ3v) is 4.27. The van der Waals surface area contributed by atoms with Crippen molar-refractivity contribution >= 4 is 11.6 Å². The predicted octanol–water partition coefficient (Wildman–Crippen LogP) is 1.45. The Labute approximate surface area is 133 Å². The minimum Gasteiger partial charge on any atom is -0.370 e. The number of carbonyl (C=O) groups excluding carboxylic acids is 1. The summed E-state index contributed by atoms with van der Waals surface area (Å²) in [5, 5.41) is 3.10. The molecule has 0 saturated carbocycles. The Kier molecular flexibility index (Phi) is 5.24. The Bertz CT molecular complexity index is 518. The maximum Gasteiger partial charge on any atom is 0.279 e. The van der Waals surface area contributed by atoms with Crippen LogP contribution in [0.4, 0.5) is 5.69 Å². The molecule has 1 aromatic rings. The average Bonchev–Trinajstić information content (AvgIpc) is 2.42. The normalized spacial score (nSPS) is 16.6. The standard InChI is InChI=1S/C18H28N2O2/c1-13-10-15(18(3,4)5)11-14(2)17(13)19-16(21)12-20-6-8-22-9-7-20/h10-11H,6-9,12H2,1-5H3,(H,19,21)/p+1. The molecule has 2 rings (SSSR count). The third kappa shape index (κ3) is 4.31. The molecule has 1 aliphatic rings. The third-order valence-electron chi connectivity index (χ3n) is 4.27. The SMILES string of the molecule is Cc1cc(C(C)(C)C)cc(C)c1NC(=O)C[NH+]1CCOCC1. The van der Waals surface area contributed by atoms with Crippen molar-refractivity contribution in [1.29, 1.82) is 0 Å². The van der Waals surface area contributed by atoms with Crippen molar-refractivity contribution in [2.24, 2.45) is 0 Å². The first kappa shape index (κ1) is 17.0. The molecule has 0 spiro atoms. The van der Waals surface area contributed by atoms with E-state index in [2.05, 4.69) is 52.1 Å². The van der Waals surface area contributed by atoms with Gasteiger partial charge in [0.05, 0.1) is 13.2 Å². The van der Waals surface area contributed by atoms with Crippen molar-refractivity contribution in [3.8, 4) is 0 Å². The molecule has 2 N–H and O–H groups in total. The zero-order valence-electron chi connectivity index (χ0n) is 14.5. The van der Waals surface area contributed by atoms with E-state index >= 15 is 0 Å². The summed E-state index contributed by atoms with van der Waals surface area (Å²) in [5.41, 5.74) is 4.66. The second-order valence-electron chi connectivity index (χ2n) is 7.32. The van der Waals surface area contributed by atoms with Crippen LogP contribution >= 0.6 is 0 Å². The van der Waals surface area contributed by atoms with Crippen LogP contribution in [0, 0.1) is 13.8 Å². The Morgan fingerprint density at radius 1 is 1.18 bits per heavy atom. The maximum absolute atomic E-state index is 12.3. The van der Waals surface area contributed by atoms with Crippen molar-refractivity contribution in [3.63, 3.8) is 0 Å². The van der Waals surface area contributed by atoms with E-state index in [1.165, 1.54) is 10.5 Å². The monoisotopic (exact) mass is 305 g/mol. The van der Waals surface area contributed by atoms with E-state index in [-0.39, 0.29) is 11.3 Å². The molecule has 0 unspecified atom stereocenters. The van der Waals surface area contributed by atoms with Gasteiger partial charge in [0, 0.05) is 5.69 Å². The quantitative estimate of drug-likeness (QED) is 0.888. The smallest absolute Gasteiger partial charge is 0.279 e. The first-order chi connectivity index (χ1) is 10.3. The van der Waals surface area contributed by atoms with Crippen LogP contribution in [0.2, 0.25) is 0 Å². The molecule has 0 atom stereocenters. The Morgan fingerprint density at radius 2 is 1.73 bits per heavy atom. The summed E-state index contributed by atoms with van der Waals surface area (Å²) in [4.78, 5) is 13.6. The number of ether oxygens (including phenoxy) is 1. The minimum atomic E-state index is 0.0895. The van der Waals surface area contributed by atoms with Crippen molar-refractivity contribution in [1.82, 2.24) is 0 Å². The fraction of sp³-hybridized carbons (Fsp3) is 0.611. The van der Waals surface area contributed by atoms with Crippen molar-refractivity contribution in [2.45, 2.75) is 40.0 Å². The van der Waals surface area contributed by atoms with E-state index in [0.717, 1.165) is 43.1 Å². The van der Waals surface area contributed by atoms with E-state index in [9.17, 15) is 4.79 Å². The molecule has 4 nitrogen and oxygen atoms in total. The van der Waals surface area contributed by atoms with Gasteiger partial charge >= 0.3 is 0 Å². The molecular weight excluding hydrogens is 276 g/mol. The fourth-order valence-electron chi connectivity index (χ4n) is 2.84. The van der Waals surface area contributed by atoms with Crippen LogP contribution < -0.4 is 10.2 Å². The number of nitrogens with one attached hydrogen (secondary N) is 2. The number of morpholine rings is 1. The molecule has 22 heavy (non-hydrogen) atoms. The highest BCUT2D eigenvalue weighted by Gasteiger charge is 2.20. The van der Waals surface area contributed by atoms with Gasteiger partial charge in [0.2, 0.25) is 0 Å². The van der Waals surface area contributed by atoms with Gasteiger partial charge in [0.1, 0.15) is 13.1 Å². The summed E-state index contributed by atoms with van der Waals surface area (Å²) in [6, 6.07) is 4.37. The fourth-order valence-corrected chi connectivity index (χ4v) is 2.84. The highest BCUT2D eigenvalue weighted by molar-refractivity contribution is 5.93. The zero-order valence-corrected chi connectivity index (χ0v) is 14.5. The molecule has 122 valence electrons. The van der Waals surface area contributed by atoms with Crippen LogP contribution in [0.1, 0.15) is 37.5 Å². The van der Waals surface area contributed by atoms with Gasteiger partial charge in [-0.15, -0.1) is 0 Å². The molecule has 1 heterocycles. The summed E-state index contributed by atoms with van der Waals surface area (Å²) in [7, 11) is 0. The van der Waals surface area contributed by atoms with Gasteiger partial charge in [-0.2, -0.15) is 0 Å². The number of amides is 1. The number of rotatable bonds is 3. The molecule has 1 saturated heterocycles. The number of hydrogen-bond acceptors (Lipinski definition) is 2. The molecule has 1 aliphatic heterocycles. The lowest BCUT2D eigenvalue weighted by molar-refractivity contribution is -0.899. The Hall–Kier alpha value is -1.39. The van der Waals surface area contributed by atoms with Crippen LogP contribution in [0.15, 0.2) is 12.1 Å². The van der Waals surface area contributed by atoms with Crippen LogP contribution in [0.5, 0.6) is 0 Å². The van der Waals surface area contributed by atoms with Crippen LogP contribution in [0.3, 0.4) is 0 Å². The maximum atomic E-state index is 12.3. The summed E-state index contributed by atoms with van der Waals surface area (Å²) < 4.78 is 5.33. The Morgan fingerprint density at radius 3 is 2.23 bits per heavy atom. The van der Waals surface area contributed by atoms with E-state index in [1.54, 1.807) is 0 Å². The number of hydrogen-bond donors (Lipinski definition) is 2. The van der Waals surface area contributed by atoms with Crippen molar-refractivity contribution in [3.05, 3.63) is 28.8 Å². The van der Waals surface area contributed by atoms with E-state index < -0.39 is 0 Å². The van der Waals surface area contributed by atoms with Crippen molar-refractivity contribution < 1.29 is 14.4 Å². The van der Waals surface area contributed by atoms with Crippen LogP contribution in [0.25, 0.3) is 0 Å². The highest BCUT2D eigenvalue weighted by atomic mass is 16.5. The lowest BCUT2D eigenvalue weighted by Gasteiger charge is -2.24. The number of aryl methyl sites for hydroxylation is 2. The molecule has 0 radical (unpaired) electrons. The Balaban J connectivity index is 2.07. The van der Waals surface area contributed by atoms with Gasteiger partial charge in [-0.1, -0.05) is 32.9 Å². The molecule has 0 aliphatic carbocycles. The highest BCUT2D eigenvalue weighted by Crippen LogP contribution is 2.29. The molecule has 4 heteroatoms. The number of quaternary nitrogens is 1. The van der Waals surface area contributed by atoms with Gasteiger partial charge in [-0.05, 0) is 36.0 Å². The summed E-state index contributed by atoms with van der Waals surface area (Å²) in [6.07, 6.45) is 0.